The molecule has 1 unspecified atom stereocenters. The first-order valence-electron chi connectivity index (χ1n) is 4.93. The smallest absolute Gasteiger partial charge is 0.407 e. The van der Waals surface area contributed by atoms with Crippen LogP contribution in [-0.4, -0.2) is 36.8 Å². The Balaban J connectivity index is 3.99. The average molecular weight is 282 g/mol. The van der Waals surface area contributed by atoms with Gasteiger partial charge < -0.3 is 14.8 Å². The molecule has 1 amide bonds. The maximum absolute atomic E-state index is 11.4. The van der Waals surface area contributed by atoms with E-state index in [9.17, 15) is 4.79 Å². The van der Waals surface area contributed by atoms with Crippen LogP contribution >= 0.6 is 15.9 Å². The van der Waals surface area contributed by atoms with Crippen molar-refractivity contribution in [2.24, 2.45) is 0 Å². The van der Waals surface area contributed by atoms with E-state index >= 15 is 0 Å². The Bertz CT molecular complexity index is 186. The molecule has 1 atom stereocenters. The van der Waals surface area contributed by atoms with Crippen molar-refractivity contribution < 1.29 is 14.3 Å². The van der Waals surface area contributed by atoms with Gasteiger partial charge in [0.05, 0.1) is 12.6 Å². The number of halogens is 1. The highest BCUT2D eigenvalue weighted by molar-refractivity contribution is 9.09. The van der Waals surface area contributed by atoms with Gasteiger partial charge in [0, 0.05) is 12.4 Å². The van der Waals surface area contributed by atoms with Gasteiger partial charge in [-0.15, -0.1) is 0 Å². The van der Waals surface area contributed by atoms with Gasteiger partial charge in [-0.3, -0.25) is 0 Å². The van der Waals surface area contributed by atoms with E-state index < -0.39 is 11.7 Å². The third-order valence-electron chi connectivity index (χ3n) is 1.55. The van der Waals surface area contributed by atoms with Crippen LogP contribution in [0.15, 0.2) is 0 Å². The van der Waals surface area contributed by atoms with E-state index in [1.54, 1.807) is 7.11 Å². The summed E-state index contributed by atoms with van der Waals surface area (Å²) in [6.07, 6.45) is 0.415. The van der Waals surface area contributed by atoms with Crippen LogP contribution < -0.4 is 5.32 Å². The van der Waals surface area contributed by atoms with Gasteiger partial charge in [-0.25, -0.2) is 4.79 Å². The maximum atomic E-state index is 11.4. The number of alkyl carbamates (subject to hydrolysis) is 1. The molecule has 0 bridgehead atoms. The summed E-state index contributed by atoms with van der Waals surface area (Å²) in [6.45, 7) is 6.00. The summed E-state index contributed by atoms with van der Waals surface area (Å²) in [6, 6.07) is -0.00998. The van der Waals surface area contributed by atoms with Gasteiger partial charge in [-0.05, 0) is 27.2 Å². The Hall–Kier alpha value is -0.290. The first-order chi connectivity index (χ1) is 6.89. The summed E-state index contributed by atoms with van der Waals surface area (Å²) in [5, 5.41) is 3.58. The topological polar surface area (TPSA) is 47.6 Å². The monoisotopic (exact) mass is 281 g/mol. The van der Waals surface area contributed by atoms with Crippen LogP contribution in [0.1, 0.15) is 27.2 Å². The normalized spacial score (nSPS) is 13.4. The van der Waals surface area contributed by atoms with Crippen molar-refractivity contribution in [1.82, 2.24) is 5.32 Å². The molecule has 5 heteroatoms. The summed E-state index contributed by atoms with van der Waals surface area (Å²) < 4.78 is 10.1. The van der Waals surface area contributed by atoms with Crippen LogP contribution in [0.4, 0.5) is 4.79 Å². The molecule has 0 aromatic heterocycles. The SMILES string of the molecule is COCC(CCBr)NC(=O)OC(C)(C)C. The average Bonchev–Trinajstić information content (AvgIpc) is 2.00. The first kappa shape index (κ1) is 14.7. The lowest BCUT2D eigenvalue weighted by atomic mass is 10.2. The molecule has 0 aliphatic rings. The lowest BCUT2D eigenvalue weighted by Crippen LogP contribution is -2.41. The predicted octanol–water partition coefficient (Wildman–Crippen LogP) is 2.31. The number of ether oxygens (including phenoxy) is 2. The second kappa shape index (κ2) is 7.06. The molecule has 0 aromatic carbocycles. The van der Waals surface area contributed by atoms with Gasteiger partial charge in [0.25, 0.3) is 0 Å². The van der Waals surface area contributed by atoms with Gasteiger partial charge in [0.1, 0.15) is 5.60 Å². The molecule has 0 aliphatic carbocycles. The van der Waals surface area contributed by atoms with Crippen LogP contribution in [0.25, 0.3) is 0 Å². The number of nitrogens with one attached hydrogen (secondary N) is 1. The van der Waals surface area contributed by atoms with E-state index in [1.165, 1.54) is 0 Å². The molecule has 0 spiro atoms. The number of hydrogen-bond acceptors (Lipinski definition) is 3. The minimum absolute atomic E-state index is 0.00998. The molecule has 0 radical (unpaired) electrons. The van der Waals surface area contributed by atoms with E-state index in [2.05, 4.69) is 21.2 Å². The molecule has 0 fully saturated rings. The predicted molar refractivity (Wildman–Crippen MR) is 63.4 cm³/mol. The molecular weight excluding hydrogens is 262 g/mol. The van der Waals surface area contributed by atoms with Crippen LogP contribution in [0.3, 0.4) is 0 Å². The van der Waals surface area contributed by atoms with E-state index in [1.807, 2.05) is 20.8 Å². The molecule has 90 valence electrons. The van der Waals surface area contributed by atoms with Crippen molar-refractivity contribution in [3.63, 3.8) is 0 Å². The maximum Gasteiger partial charge on any atom is 0.407 e. The molecular formula is C10H20BrNO3. The molecule has 0 saturated carbocycles. The van der Waals surface area contributed by atoms with Crippen LogP contribution in [0, 0.1) is 0 Å². The van der Waals surface area contributed by atoms with E-state index in [0.29, 0.717) is 6.61 Å². The summed E-state index contributed by atoms with van der Waals surface area (Å²) in [7, 11) is 1.61. The Morgan fingerprint density at radius 3 is 2.47 bits per heavy atom. The van der Waals surface area contributed by atoms with Gasteiger partial charge in [0.2, 0.25) is 0 Å². The minimum atomic E-state index is -0.462. The van der Waals surface area contributed by atoms with Crippen molar-refractivity contribution in [1.29, 1.82) is 0 Å². The standard InChI is InChI=1S/C10H20BrNO3/c1-10(2,3)15-9(13)12-8(5-6-11)7-14-4/h8H,5-7H2,1-4H3,(H,12,13). The third-order valence-corrected chi connectivity index (χ3v) is 2.00. The first-order valence-corrected chi connectivity index (χ1v) is 6.05. The van der Waals surface area contributed by atoms with Gasteiger partial charge in [-0.1, -0.05) is 15.9 Å². The quantitative estimate of drug-likeness (QED) is 0.787. The fraction of sp³-hybridized carbons (Fsp3) is 0.900. The van der Waals surface area contributed by atoms with Crippen molar-refractivity contribution in [3.8, 4) is 0 Å². The van der Waals surface area contributed by atoms with E-state index in [4.69, 9.17) is 9.47 Å². The van der Waals surface area contributed by atoms with Crippen LogP contribution in [-0.2, 0) is 9.47 Å². The second-order valence-electron chi connectivity index (χ2n) is 4.28. The zero-order valence-electron chi connectivity index (χ0n) is 9.80. The van der Waals surface area contributed by atoms with Gasteiger partial charge in [0.15, 0.2) is 0 Å². The molecule has 1 N–H and O–H groups in total. The summed E-state index contributed by atoms with van der Waals surface area (Å²) >= 11 is 3.32. The number of amides is 1. The van der Waals surface area contributed by atoms with Crippen molar-refractivity contribution in [3.05, 3.63) is 0 Å². The summed E-state index contributed by atoms with van der Waals surface area (Å²) in [4.78, 5) is 11.4. The minimum Gasteiger partial charge on any atom is -0.444 e. The molecule has 15 heavy (non-hydrogen) atoms. The zero-order chi connectivity index (χ0) is 11.9. The second-order valence-corrected chi connectivity index (χ2v) is 5.07. The number of carbonyl (C=O) groups is 1. The molecule has 4 nitrogen and oxygen atoms in total. The Kier molecular flexibility index (Phi) is 6.92. The highest BCUT2D eigenvalue weighted by Crippen LogP contribution is 2.07. The number of rotatable bonds is 5. The molecule has 0 heterocycles. The summed E-state index contributed by atoms with van der Waals surface area (Å²) in [5.74, 6) is 0. The highest BCUT2D eigenvalue weighted by Gasteiger charge is 2.18. The fourth-order valence-electron chi connectivity index (χ4n) is 1.00. The third kappa shape index (κ3) is 8.69. The van der Waals surface area contributed by atoms with E-state index in [-0.39, 0.29) is 6.04 Å². The number of carbonyl (C=O) groups excluding carboxylic acids is 1. The molecule has 0 rings (SSSR count). The van der Waals surface area contributed by atoms with Crippen LogP contribution in [0.2, 0.25) is 0 Å². The Labute approximate surface area is 99.8 Å². The lowest BCUT2D eigenvalue weighted by Gasteiger charge is -2.23. The fourth-order valence-corrected chi connectivity index (χ4v) is 1.56. The van der Waals surface area contributed by atoms with Crippen LogP contribution in [0.5, 0.6) is 0 Å². The molecule has 0 aromatic rings. The summed E-state index contributed by atoms with van der Waals surface area (Å²) in [5.41, 5.74) is -0.462. The van der Waals surface area contributed by atoms with Crippen molar-refractivity contribution in [2.75, 3.05) is 19.0 Å². The van der Waals surface area contributed by atoms with E-state index in [0.717, 1.165) is 11.8 Å². The van der Waals surface area contributed by atoms with Gasteiger partial charge in [-0.2, -0.15) is 0 Å². The lowest BCUT2D eigenvalue weighted by molar-refractivity contribution is 0.0467. The van der Waals surface area contributed by atoms with Gasteiger partial charge >= 0.3 is 6.09 Å². The highest BCUT2D eigenvalue weighted by atomic mass is 79.9. The van der Waals surface area contributed by atoms with Crippen molar-refractivity contribution >= 4 is 22.0 Å². The largest absolute Gasteiger partial charge is 0.444 e. The Morgan fingerprint density at radius 1 is 1.47 bits per heavy atom. The number of methoxy groups -OCH3 is 1. The zero-order valence-corrected chi connectivity index (χ0v) is 11.4. The molecule has 0 aliphatic heterocycles. The number of hydrogen-bond donors (Lipinski definition) is 1. The molecule has 0 saturated heterocycles. The Morgan fingerprint density at radius 2 is 2.07 bits per heavy atom. The van der Waals surface area contributed by atoms with Crippen molar-refractivity contribution in [2.45, 2.75) is 38.8 Å². The number of alkyl halides is 1.